The van der Waals surface area contributed by atoms with Crippen LogP contribution in [0.5, 0.6) is 0 Å². The molecule has 2 N–H and O–H groups in total. The highest BCUT2D eigenvalue weighted by atomic mass is 32.2. The molecule has 0 spiro atoms. The van der Waals surface area contributed by atoms with Crippen LogP contribution in [0.25, 0.3) is 0 Å². The average molecular weight is 250 g/mol. The number of benzene rings is 1. The smallest absolute Gasteiger partial charge is 0.0684 e. The maximum Gasteiger partial charge on any atom is 0.0684 e. The number of rotatable bonds is 4. The first-order chi connectivity index (χ1) is 7.87. The van der Waals surface area contributed by atoms with Crippen LogP contribution in [0.15, 0.2) is 23.1 Å². The van der Waals surface area contributed by atoms with Gasteiger partial charge in [0.1, 0.15) is 0 Å². The first kappa shape index (κ1) is 13.7. The average Bonchev–Trinajstić information content (AvgIpc) is 2.30. The number of nitrogens with two attached hydrogens (primary N) is 1. The molecule has 0 heterocycles. The number of nitrogen functional groups attached to an aromatic ring is 1. The molecule has 0 radical (unpaired) electrons. The van der Waals surface area contributed by atoms with Crippen molar-refractivity contribution in [2.75, 3.05) is 11.5 Å². The fraction of sp³-hybridized carbons (Fsp3) is 0.462. The summed E-state index contributed by atoms with van der Waals surface area (Å²) >= 11 is 0. The Balaban J connectivity index is 2.79. The molecule has 3 nitrogen and oxygen atoms in total. The van der Waals surface area contributed by atoms with E-state index in [2.05, 4.69) is 6.07 Å². The normalized spacial score (nSPS) is 13.1. The zero-order valence-corrected chi connectivity index (χ0v) is 11.3. The van der Waals surface area contributed by atoms with Gasteiger partial charge in [-0.3, -0.25) is 4.21 Å². The zero-order chi connectivity index (χ0) is 13.1. The Bertz CT molecular complexity index is 475. The fourth-order valence-electron chi connectivity index (χ4n) is 1.39. The summed E-state index contributed by atoms with van der Waals surface area (Å²) in [4.78, 5) is 0.777. The third-order valence-corrected chi connectivity index (χ3v) is 4.29. The van der Waals surface area contributed by atoms with Gasteiger partial charge in [0.15, 0.2) is 0 Å². The van der Waals surface area contributed by atoms with Crippen molar-refractivity contribution in [1.29, 1.82) is 5.26 Å². The van der Waals surface area contributed by atoms with E-state index in [4.69, 9.17) is 11.0 Å². The Morgan fingerprint density at radius 3 is 2.71 bits per heavy atom. The van der Waals surface area contributed by atoms with E-state index in [0.717, 1.165) is 10.5 Å². The lowest BCUT2D eigenvalue weighted by molar-refractivity contribution is 0.479. The molecular weight excluding hydrogens is 232 g/mol. The maximum absolute atomic E-state index is 12.1. The molecule has 4 heteroatoms. The van der Waals surface area contributed by atoms with E-state index in [1.165, 1.54) is 0 Å². The van der Waals surface area contributed by atoms with Crippen molar-refractivity contribution in [2.24, 2.45) is 5.41 Å². The van der Waals surface area contributed by atoms with Crippen molar-refractivity contribution in [1.82, 2.24) is 0 Å². The molecule has 1 atom stereocenters. The summed E-state index contributed by atoms with van der Waals surface area (Å²) in [5.41, 5.74) is 6.89. The Morgan fingerprint density at radius 1 is 1.47 bits per heavy atom. The molecule has 0 aliphatic rings. The molecule has 1 aromatic carbocycles. The number of hydrogen-bond acceptors (Lipinski definition) is 3. The van der Waals surface area contributed by atoms with Crippen LogP contribution in [0.4, 0.5) is 5.69 Å². The van der Waals surface area contributed by atoms with Crippen LogP contribution in [0.2, 0.25) is 0 Å². The third-order valence-electron chi connectivity index (χ3n) is 2.79. The van der Waals surface area contributed by atoms with Gasteiger partial charge in [0, 0.05) is 16.3 Å². The van der Waals surface area contributed by atoms with Gasteiger partial charge in [-0.1, -0.05) is 6.07 Å². The molecule has 0 fully saturated rings. The molecule has 17 heavy (non-hydrogen) atoms. The Kier molecular flexibility index (Phi) is 4.30. The van der Waals surface area contributed by atoms with Crippen LogP contribution in [0.1, 0.15) is 25.8 Å². The molecule has 0 aromatic heterocycles. The molecule has 0 saturated heterocycles. The zero-order valence-electron chi connectivity index (χ0n) is 10.5. The summed E-state index contributed by atoms with van der Waals surface area (Å²) in [6.07, 6.45) is 0.615. The van der Waals surface area contributed by atoms with Crippen LogP contribution in [-0.4, -0.2) is 9.96 Å². The lowest BCUT2D eigenvalue weighted by Crippen LogP contribution is -2.13. The van der Waals surface area contributed by atoms with Crippen molar-refractivity contribution in [3.8, 4) is 6.07 Å². The van der Waals surface area contributed by atoms with Gasteiger partial charge >= 0.3 is 0 Å². The highest BCUT2D eigenvalue weighted by Gasteiger charge is 2.19. The van der Waals surface area contributed by atoms with Gasteiger partial charge in [-0.05, 0) is 44.9 Å². The molecule has 92 valence electrons. The van der Waals surface area contributed by atoms with Crippen molar-refractivity contribution in [3.05, 3.63) is 23.8 Å². The van der Waals surface area contributed by atoms with Crippen molar-refractivity contribution < 1.29 is 4.21 Å². The lowest BCUT2D eigenvalue weighted by atomic mass is 9.93. The number of nitrogens with zero attached hydrogens (tertiary/aromatic N) is 1. The Hall–Kier alpha value is -1.34. The van der Waals surface area contributed by atoms with Crippen LogP contribution in [0, 0.1) is 23.7 Å². The van der Waals surface area contributed by atoms with E-state index in [0.29, 0.717) is 17.9 Å². The van der Waals surface area contributed by atoms with E-state index in [1.54, 1.807) is 6.07 Å². The quantitative estimate of drug-likeness (QED) is 0.835. The second-order valence-electron chi connectivity index (χ2n) is 4.77. The molecule has 0 bridgehead atoms. The summed E-state index contributed by atoms with van der Waals surface area (Å²) in [5, 5.41) is 8.91. The second-order valence-corrected chi connectivity index (χ2v) is 6.30. The van der Waals surface area contributed by atoms with Gasteiger partial charge in [-0.25, -0.2) is 0 Å². The molecule has 0 aliphatic heterocycles. The van der Waals surface area contributed by atoms with Gasteiger partial charge in [0.25, 0.3) is 0 Å². The molecule has 0 amide bonds. The summed E-state index contributed by atoms with van der Waals surface area (Å²) in [7, 11) is -1.08. The van der Waals surface area contributed by atoms with Gasteiger partial charge in [0.2, 0.25) is 0 Å². The fourth-order valence-corrected chi connectivity index (χ4v) is 3.00. The van der Waals surface area contributed by atoms with Crippen molar-refractivity contribution in [2.45, 2.75) is 32.1 Å². The van der Waals surface area contributed by atoms with E-state index in [9.17, 15) is 4.21 Å². The highest BCUT2D eigenvalue weighted by Crippen LogP contribution is 2.23. The first-order valence-electron chi connectivity index (χ1n) is 5.52. The summed E-state index contributed by atoms with van der Waals surface area (Å²) in [6.45, 7) is 5.59. The predicted octanol–water partition coefficient (Wildman–Crippen LogP) is 2.62. The maximum atomic E-state index is 12.1. The minimum absolute atomic E-state index is 0.427. The van der Waals surface area contributed by atoms with Crippen LogP contribution in [0.3, 0.4) is 0 Å². The lowest BCUT2D eigenvalue weighted by Gasteiger charge is -2.15. The van der Waals surface area contributed by atoms with E-state index >= 15 is 0 Å². The Labute approximate surface area is 105 Å². The van der Waals surface area contributed by atoms with Gasteiger partial charge in [-0.2, -0.15) is 5.26 Å². The van der Waals surface area contributed by atoms with Crippen molar-refractivity contribution >= 4 is 16.5 Å². The molecule has 1 aromatic rings. The number of anilines is 1. The van der Waals surface area contributed by atoms with Crippen LogP contribution < -0.4 is 5.73 Å². The van der Waals surface area contributed by atoms with Gasteiger partial charge < -0.3 is 5.73 Å². The van der Waals surface area contributed by atoms with E-state index in [1.807, 2.05) is 32.9 Å². The Morgan fingerprint density at radius 2 is 2.12 bits per heavy atom. The van der Waals surface area contributed by atoms with Gasteiger partial charge in [0.05, 0.1) is 22.3 Å². The summed E-state index contributed by atoms with van der Waals surface area (Å²) in [6, 6.07) is 7.66. The predicted molar refractivity (Wildman–Crippen MR) is 70.9 cm³/mol. The van der Waals surface area contributed by atoms with Gasteiger partial charge in [-0.15, -0.1) is 0 Å². The minimum atomic E-state index is -1.08. The first-order valence-corrected chi connectivity index (χ1v) is 6.84. The highest BCUT2D eigenvalue weighted by molar-refractivity contribution is 7.85. The molecule has 1 rings (SSSR count). The summed E-state index contributed by atoms with van der Waals surface area (Å²) < 4.78 is 12.1. The standard InChI is InChI=1S/C13H18N2OS/c1-10-11(15)5-4-6-12(10)17(16)8-7-13(2,3)9-14/h4-6H,7-8,15H2,1-3H3. The second kappa shape index (κ2) is 5.33. The topological polar surface area (TPSA) is 66.9 Å². The molecular formula is C13H18N2OS. The number of nitriles is 1. The van der Waals surface area contributed by atoms with Crippen LogP contribution >= 0.6 is 0 Å². The largest absolute Gasteiger partial charge is 0.398 e. The monoisotopic (exact) mass is 250 g/mol. The van der Waals surface area contributed by atoms with Crippen molar-refractivity contribution in [3.63, 3.8) is 0 Å². The third kappa shape index (κ3) is 3.57. The summed E-state index contributed by atoms with van der Waals surface area (Å²) in [5.74, 6) is 0.491. The van der Waals surface area contributed by atoms with E-state index in [-0.39, 0.29) is 0 Å². The molecule has 0 aliphatic carbocycles. The van der Waals surface area contributed by atoms with Crippen LogP contribution in [-0.2, 0) is 10.8 Å². The van der Waals surface area contributed by atoms with E-state index < -0.39 is 16.2 Å². The SMILES string of the molecule is Cc1c(N)cccc1S(=O)CCC(C)(C)C#N. The molecule has 0 saturated carbocycles. The number of hydrogen-bond donors (Lipinski definition) is 1. The molecule has 1 unspecified atom stereocenters. The minimum Gasteiger partial charge on any atom is -0.398 e.